The smallest absolute Gasteiger partial charge is 0.255 e. The van der Waals surface area contributed by atoms with Crippen LogP contribution in [0.3, 0.4) is 0 Å². The number of amides is 1. The van der Waals surface area contributed by atoms with Gasteiger partial charge in [0.1, 0.15) is 11.6 Å². The van der Waals surface area contributed by atoms with Crippen molar-refractivity contribution in [2.75, 3.05) is 26.9 Å². The Kier molecular flexibility index (Phi) is 8.72. The minimum absolute atomic E-state index is 0.0105. The van der Waals surface area contributed by atoms with Gasteiger partial charge in [-0.25, -0.2) is 4.39 Å². The maximum absolute atomic E-state index is 14.8. The molecule has 0 saturated carbocycles. The van der Waals surface area contributed by atoms with Gasteiger partial charge in [-0.15, -0.1) is 0 Å². The topological polar surface area (TPSA) is 105 Å². The van der Waals surface area contributed by atoms with Crippen molar-refractivity contribution in [3.05, 3.63) is 63.5 Å². The van der Waals surface area contributed by atoms with E-state index in [2.05, 4.69) is 5.32 Å². The minimum atomic E-state index is -0.768. The van der Waals surface area contributed by atoms with E-state index in [1.807, 2.05) is 6.07 Å². The Labute approximate surface area is 210 Å². The maximum Gasteiger partial charge on any atom is 0.255 e. The highest BCUT2D eigenvalue weighted by Gasteiger charge is 2.30. The Bertz CT molecular complexity index is 1120. The number of unbranched alkanes of at least 4 members (excludes halogenated alkanes) is 1. The molecule has 0 bridgehead atoms. The summed E-state index contributed by atoms with van der Waals surface area (Å²) in [6.07, 6.45) is 3.99. The number of carbonyl (C=O) groups is 2. The molecule has 1 aliphatic heterocycles. The number of hydrogen-bond acceptors (Lipinski definition) is 6. The van der Waals surface area contributed by atoms with E-state index >= 15 is 0 Å². The van der Waals surface area contributed by atoms with E-state index in [9.17, 15) is 19.1 Å². The fourth-order valence-electron chi connectivity index (χ4n) is 5.18. The lowest BCUT2D eigenvalue weighted by atomic mass is 9.92. The molecule has 8 heteroatoms. The third kappa shape index (κ3) is 5.77. The summed E-state index contributed by atoms with van der Waals surface area (Å²) in [5.74, 6) is -0.589. The SMILES string of the molecule is COc1c(C(=O)N[C@H]2CCOC[C@@H]2O)cc(Cc2ccc(C(=O)CCCCO)c(F)c2)c2c1CCC2. The lowest BCUT2D eigenvalue weighted by Crippen LogP contribution is -2.48. The first-order valence-electron chi connectivity index (χ1n) is 12.6. The molecule has 1 heterocycles. The van der Waals surface area contributed by atoms with E-state index in [-0.39, 0.29) is 36.9 Å². The molecule has 3 N–H and O–H groups in total. The van der Waals surface area contributed by atoms with Crippen LogP contribution in [0.5, 0.6) is 5.75 Å². The fourth-order valence-corrected chi connectivity index (χ4v) is 5.18. The number of Topliss-reactive ketones (excluding diaryl/α,β-unsaturated/α-hetero) is 1. The third-order valence-corrected chi connectivity index (χ3v) is 7.07. The second-order valence-electron chi connectivity index (χ2n) is 9.53. The summed E-state index contributed by atoms with van der Waals surface area (Å²) in [5.41, 5.74) is 4.24. The monoisotopic (exact) mass is 499 g/mol. The van der Waals surface area contributed by atoms with Crippen molar-refractivity contribution in [3.8, 4) is 5.75 Å². The van der Waals surface area contributed by atoms with Crippen molar-refractivity contribution in [2.24, 2.45) is 0 Å². The largest absolute Gasteiger partial charge is 0.496 e. The Morgan fingerprint density at radius 3 is 2.69 bits per heavy atom. The van der Waals surface area contributed by atoms with Gasteiger partial charge in [0, 0.05) is 19.6 Å². The summed E-state index contributed by atoms with van der Waals surface area (Å²) in [7, 11) is 1.55. The van der Waals surface area contributed by atoms with Gasteiger partial charge in [0.25, 0.3) is 5.91 Å². The zero-order valence-electron chi connectivity index (χ0n) is 20.6. The lowest BCUT2D eigenvalue weighted by molar-refractivity contribution is -0.0261. The van der Waals surface area contributed by atoms with Crippen molar-refractivity contribution in [2.45, 2.75) is 63.5 Å². The van der Waals surface area contributed by atoms with Crippen molar-refractivity contribution in [3.63, 3.8) is 0 Å². The number of aliphatic hydroxyl groups is 2. The van der Waals surface area contributed by atoms with Gasteiger partial charge in [-0.2, -0.15) is 0 Å². The molecule has 0 radical (unpaired) electrons. The minimum Gasteiger partial charge on any atom is -0.496 e. The average molecular weight is 500 g/mol. The summed E-state index contributed by atoms with van der Waals surface area (Å²) >= 11 is 0. The van der Waals surface area contributed by atoms with Crippen LogP contribution in [0.1, 0.15) is 75.1 Å². The summed E-state index contributed by atoms with van der Waals surface area (Å²) < 4.78 is 25.8. The molecule has 2 aromatic rings. The molecule has 2 aromatic carbocycles. The molecule has 7 nitrogen and oxygen atoms in total. The molecular weight excluding hydrogens is 465 g/mol. The molecule has 0 aromatic heterocycles. The van der Waals surface area contributed by atoms with Gasteiger partial charge in [0.2, 0.25) is 0 Å². The summed E-state index contributed by atoms with van der Waals surface area (Å²) in [6, 6.07) is 6.09. The number of methoxy groups -OCH3 is 1. The molecule has 2 atom stereocenters. The van der Waals surface area contributed by atoms with Gasteiger partial charge in [-0.1, -0.05) is 6.07 Å². The van der Waals surface area contributed by atoms with E-state index in [0.717, 1.165) is 36.0 Å². The van der Waals surface area contributed by atoms with Crippen LogP contribution in [-0.4, -0.2) is 61.0 Å². The Morgan fingerprint density at radius 1 is 1.17 bits per heavy atom. The highest BCUT2D eigenvalue weighted by molar-refractivity contribution is 5.98. The molecular formula is C28H34FNO6. The number of hydrogen-bond donors (Lipinski definition) is 3. The first-order chi connectivity index (χ1) is 17.4. The van der Waals surface area contributed by atoms with Crippen LogP contribution >= 0.6 is 0 Å². The Hall–Kier alpha value is -2.81. The van der Waals surface area contributed by atoms with Crippen molar-refractivity contribution >= 4 is 11.7 Å². The second kappa shape index (κ2) is 12.0. The number of aliphatic hydroxyl groups excluding tert-OH is 2. The molecule has 4 rings (SSSR count). The van der Waals surface area contributed by atoms with Gasteiger partial charge in [-0.05, 0) is 85.4 Å². The van der Waals surface area contributed by atoms with E-state index in [0.29, 0.717) is 49.2 Å². The van der Waals surface area contributed by atoms with Crippen LogP contribution in [0, 0.1) is 5.82 Å². The second-order valence-corrected chi connectivity index (χ2v) is 9.53. The molecule has 2 aliphatic rings. The van der Waals surface area contributed by atoms with E-state index in [1.54, 1.807) is 13.2 Å². The van der Waals surface area contributed by atoms with Crippen LogP contribution in [0.4, 0.5) is 4.39 Å². The number of ketones is 1. The lowest BCUT2D eigenvalue weighted by Gasteiger charge is -2.29. The molecule has 1 aliphatic carbocycles. The molecule has 1 saturated heterocycles. The number of benzene rings is 2. The van der Waals surface area contributed by atoms with Gasteiger partial charge >= 0.3 is 0 Å². The number of ether oxygens (including phenoxy) is 2. The molecule has 194 valence electrons. The Balaban J connectivity index is 1.59. The van der Waals surface area contributed by atoms with Crippen LogP contribution in [-0.2, 0) is 24.0 Å². The van der Waals surface area contributed by atoms with Crippen LogP contribution in [0.15, 0.2) is 24.3 Å². The maximum atomic E-state index is 14.8. The van der Waals surface area contributed by atoms with Gasteiger partial charge < -0.3 is 25.0 Å². The summed E-state index contributed by atoms with van der Waals surface area (Å²) in [4.78, 5) is 25.6. The first kappa shape index (κ1) is 26.3. The number of fused-ring (bicyclic) bond motifs is 1. The number of halogens is 1. The average Bonchev–Trinajstić information content (AvgIpc) is 3.36. The molecule has 1 amide bonds. The zero-order chi connectivity index (χ0) is 25.7. The quantitative estimate of drug-likeness (QED) is 0.343. The van der Waals surface area contributed by atoms with Gasteiger partial charge in [-0.3, -0.25) is 9.59 Å². The van der Waals surface area contributed by atoms with Crippen LogP contribution < -0.4 is 10.1 Å². The predicted molar refractivity (Wildman–Crippen MR) is 132 cm³/mol. The number of nitrogens with one attached hydrogen (secondary N) is 1. The zero-order valence-corrected chi connectivity index (χ0v) is 20.6. The van der Waals surface area contributed by atoms with Crippen LogP contribution in [0.25, 0.3) is 0 Å². The van der Waals surface area contributed by atoms with Crippen molar-refractivity contribution < 1.29 is 33.7 Å². The van der Waals surface area contributed by atoms with Crippen LogP contribution in [0.2, 0.25) is 0 Å². The Morgan fingerprint density at radius 2 is 1.97 bits per heavy atom. The molecule has 0 unspecified atom stereocenters. The molecule has 36 heavy (non-hydrogen) atoms. The normalized spacial score (nSPS) is 19.1. The third-order valence-electron chi connectivity index (χ3n) is 7.07. The van der Waals surface area contributed by atoms with Crippen molar-refractivity contribution in [1.82, 2.24) is 5.32 Å². The predicted octanol–water partition coefficient (Wildman–Crippen LogP) is 3.14. The summed E-state index contributed by atoms with van der Waals surface area (Å²) in [6.45, 7) is 0.666. The van der Waals surface area contributed by atoms with E-state index < -0.39 is 18.0 Å². The highest BCUT2D eigenvalue weighted by Crippen LogP contribution is 2.37. The van der Waals surface area contributed by atoms with E-state index in [1.165, 1.54) is 12.1 Å². The standard InChI is InChI=1S/C28H34FNO6/c1-35-27-20-6-4-5-19(20)18(15-22(27)28(34)30-24-10-12-36-16-26(24)33)13-17-8-9-21(23(29)14-17)25(32)7-2-3-11-31/h8-9,14-15,24,26,31,33H,2-7,10-13,16H2,1H3,(H,30,34)/t24-,26-/m0/s1. The van der Waals surface area contributed by atoms with E-state index in [4.69, 9.17) is 14.6 Å². The van der Waals surface area contributed by atoms with Gasteiger partial charge in [0.05, 0.1) is 37.0 Å². The number of carbonyl (C=O) groups excluding carboxylic acids is 2. The number of rotatable bonds is 10. The van der Waals surface area contributed by atoms with Gasteiger partial charge in [0.15, 0.2) is 5.78 Å². The first-order valence-corrected chi connectivity index (χ1v) is 12.6. The van der Waals surface area contributed by atoms with Crippen molar-refractivity contribution in [1.29, 1.82) is 0 Å². The molecule has 0 spiro atoms. The fraction of sp³-hybridized carbons (Fsp3) is 0.500. The summed E-state index contributed by atoms with van der Waals surface area (Å²) in [5, 5.41) is 22.0. The molecule has 1 fully saturated rings. The highest BCUT2D eigenvalue weighted by atomic mass is 19.1.